The van der Waals surface area contributed by atoms with Crippen molar-refractivity contribution in [2.45, 2.75) is 63.8 Å². The second-order valence-electron chi connectivity index (χ2n) is 9.47. The van der Waals surface area contributed by atoms with Gasteiger partial charge in [-0.05, 0) is 56.6 Å². The SMILES string of the molecule is C[C@@H]1C[C@H]2[C@@H]3CCC4=CC(=O)C=C[C@]4(C)C3(F)[C@@H](O)C[C@]2(C)[C@]1(O)C(=O)O. The van der Waals surface area contributed by atoms with Crippen LogP contribution in [0.4, 0.5) is 4.39 Å². The van der Waals surface area contributed by atoms with E-state index in [4.69, 9.17) is 0 Å². The summed E-state index contributed by atoms with van der Waals surface area (Å²) in [4.78, 5) is 23.8. The number of rotatable bonds is 1. The second kappa shape index (κ2) is 5.29. The number of carbonyl (C=O) groups is 2. The molecule has 0 amide bonds. The van der Waals surface area contributed by atoms with Crippen molar-refractivity contribution in [2.24, 2.45) is 28.6 Å². The van der Waals surface area contributed by atoms with Gasteiger partial charge in [-0.2, -0.15) is 0 Å². The molecule has 0 aromatic heterocycles. The number of halogens is 1. The van der Waals surface area contributed by atoms with Crippen molar-refractivity contribution in [3.8, 4) is 0 Å². The summed E-state index contributed by atoms with van der Waals surface area (Å²) in [6.45, 7) is 5.10. The molecule has 3 N–H and O–H groups in total. The average Bonchev–Trinajstić information content (AvgIpc) is 2.79. The largest absolute Gasteiger partial charge is 0.479 e. The molecule has 8 atom stereocenters. The molecular formula is C21H27FO5. The Kier molecular flexibility index (Phi) is 3.69. The molecule has 0 bridgehead atoms. The summed E-state index contributed by atoms with van der Waals surface area (Å²) < 4.78 is 16.8. The van der Waals surface area contributed by atoms with Crippen LogP contribution >= 0.6 is 0 Å². The Labute approximate surface area is 158 Å². The predicted molar refractivity (Wildman–Crippen MR) is 95.5 cm³/mol. The Morgan fingerprint density at radius 2 is 1.96 bits per heavy atom. The smallest absolute Gasteiger partial charge is 0.336 e. The fraction of sp³-hybridized carbons (Fsp3) is 0.714. The highest BCUT2D eigenvalue weighted by molar-refractivity contribution is 6.01. The predicted octanol–water partition coefficient (Wildman–Crippen LogP) is 2.42. The number of hydrogen-bond donors (Lipinski definition) is 3. The van der Waals surface area contributed by atoms with Gasteiger partial charge >= 0.3 is 5.97 Å². The maximum absolute atomic E-state index is 16.8. The molecule has 0 aromatic rings. The first-order valence-electron chi connectivity index (χ1n) is 9.70. The van der Waals surface area contributed by atoms with Crippen molar-refractivity contribution in [1.29, 1.82) is 0 Å². The molecule has 0 heterocycles. The van der Waals surface area contributed by atoms with Crippen LogP contribution in [0, 0.1) is 28.6 Å². The van der Waals surface area contributed by atoms with Crippen molar-refractivity contribution in [1.82, 2.24) is 0 Å². The average molecular weight is 378 g/mol. The van der Waals surface area contributed by atoms with Gasteiger partial charge in [-0.15, -0.1) is 0 Å². The third-order valence-electron chi connectivity index (χ3n) is 8.55. The molecule has 148 valence electrons. The van der Waals surface area contributed by atoms with E-state index >= 15 is 4.39 Å². The Hall–Kier alpha value is -1.53. The molecule has 3 saturated carbocycles. The third kappa shape index (κ3) is 1.91. The quantitative estimate of drug-likeness (QED) is 0.651. The van der Waals surface area contributed by atoms with Crippen LogP contribution < -0.4 is 0 Å². The third-order valence-corrected chi connectivity index (χ3v) is 8.55. The van der Waals surface area contributed by atoms with E-state index in [1.807, 2.05) is 0 Å². The standard InChI is InChI=1S/C21H27FO5/c1-11-8-15-14-5-4-12-9-13(23)6-7-18(12,2)20(14,22)16(24)10-19(15,3)21(11,27)17(25)26/h6-7,9,11,14-16,24,27H,4-5,8,10H2,1-3H3,(H,25,26)/t11-,14+,15+,16+,18+,19+,20?,21-/m1/s1. The molecule has 5 nitrogen and oxygen atoms in total. The van der Waals surface area contributed by atoms with Crippen LogP contribution in [0.1, 0.15) is 46.5 Å². The van der Waals surface area contributed by atoms with E-state index in [1.54, 1.807) is 26.8 Å². The number of carboxylic acids is 1. The van der Waals surface area contributed by atoms with Crippen LogP contribution in [0.25, 0.3) is 0 Å². The maximum Gasteiger partial charge on any atom is 0.336 e. The van der Waals surface area contributed by atoms with Crippen molar-refractivity contribution in [3.63, 3.8) is 0 Å². The van der Waals surface area contributed by atoms with Gasteiger partial charge in [0.1, 0.15) is 0 Å². The van der Waals surface area contributed by atoms with E-state index in [0.29, 0.717) is 24.8 Å². The van der Waals surface area contributed by atoms with Crippen LogP contribution in [-0.2, 0) is 9.59 Å². The number of allylic oxidation sites excluding steroid dienone is 4. The minimum atomic E-state index is -2.00. The van der Waals surface area contributed by atoms with Crippen LogP contribution in [0.3, 0.4) is 0 Å². The molecular weight excluding hydrogens is 351 g/mol. The highest BCUT2D eigenvalue weighted by Crippen LogP contribution is 2.70. The lowest BCUT2D eigenvalue weighted by Crippen LogP contribution is -2.69. The minimum Gasteiger partial charge on any atom is -0.479 e. The molecule has 0 radical (unpaired) electrons. The summed E-state index contributed by atoms with van der Waals surface area (Å²) in [6, 6.07) is 0. The monoisotopic (exact) mass is 378 g/mol. The van der Waals surface area contributed by atoms with Gasteiger partial charge in [0.15, 0.2) is 17.1 Å². The highest BCUT2D eigenvalue weighted by atomic mass is 19.1. The number of aliphatic carboxylic acids is 1. The number of ketones is 1. The first-order valence-corrected chi connectivity index (χ1v) is 9.70. The van der Waals surface area contributed by atoms with Gasteiger partial charge in [-0.25, -0.2) is 9.18 Å². The lowest BCUT2D eigenvalue weighted by atomic mass is 9.45. The first-order chi connectivity index (χ1) is 12.4. The number of hydrogen-bond acceptors (Lipinski definition) is 4. The molecule has 4 aliphatic rings. The number of carboxylic acid groups (broad SMARTS) is 1. The number of aliphatic hydroxyl groups is 2. The van der Waals surface area contributed by atoms with E-state index in [2.05, 4.69) is 0 Å². The first kappa shape index (κ1) is 18.8. The van der Waals surface area contributed by atoms with Gasteiger partial charge in [0.25, 0.3) is 0 Å². The van der Waals surface area contributed by atoms with Gasteiger partial charge in [0.05, 0.1) is 6.10 Å². The summed E-state index contributed by atoms with van der Waals surface area (Å²) in [6.07, 6.45) is 4.22. The molecule has 1 unspecified atom stereocenters. The van der Waals surface area contributed by atoms with Gasteiger partial charge in [-0.3, -0.25) is 4.79 Å². The topological polar surface area (TPSA) is 94.8 Å². The molecule has 6 heteroatoms. The van der Waals surface area contributed by atoms with Gasteiger partial charge in [0.2, 0.25) is 0 Å². The highest BCUT2D eigenvalue weighted by Gasteiger charge is 2.76. The Balaban J connectivity index is 1.85. The van der Waals surface area contributed by atoms with E-state index in [9.17, 15) is 24.9 Å². The van der Waals surface area contributed by atoms with E-state index in [-0.39, 0.29) is 18.1 Å². The normalized spacial score (nSPS) is 54.0. The minimum absolute atomic E-state index is 0.123. The molecule has 27 heavy (non-hydrogen) atoms. The lowest BCUT2D eigenvalue weighted by Gasteiger charge is -2.62. The van der Waals surface area contributed by atoms with Crippen LogP contribution in [-0.4, -0.2) is 44.4 Å². The molecule has 0 aromatic carbocycles. The van der Waals surface area contributed by atoms with Gasteiger partial charge in [-0.1, -0.05) is 25.5 Å². The van der Waals surface area contributed by atoms with Crippen molar-refractivity contribution in [2.75, 3.05) is 0 Å². The number of carbonyl (C=O) groups excluding carboxylic acids is 1. The summed E-state index contributed by atoms with van der Waals surface area (Å²) >= 11 is 0. The zero-order valence-corrected chi connectivity index (χ0v) is 15.9. The lowest BCUT2D eigenvalue weighted by molar-refractivity contribution is -0.225. The second-order valence-corrected chi connectivity index (χ2v) is 9.47. The van der Waals surface area contributed by atoms with Crippen LogP contribution in [0.5, 0.6) is 0 Å². The zero-order valence-electron chi connectivity index (χ0n) is 15.9. The van der Waals surface area contributed by atoms with E-state index in [1.165, 1.54) is 12.2 Å². The van der Waals surface area contributed by atoms with Gasteiger partial charge in [0, 0.05) is 16.7 Å². The summed E-state index contributed by atoms with van der Waals surface area (Å²) in [5, 5.41) is 31.9. The Bertz CT molecular complexity index is 789. The molecule has 0 saturated heterocycles. The number of fused-ring (bicyclic) bond motifs is 5. The summed E-state index contributed by atoms with van der Waals surface area (Å²) in [5.74, 6) is -2.94. The number of alkyl halides is 1. The zero-order chi connectivity index (χ0) is 20.0. The summed E-state index contributed by atoms with van der Waals surface area (Å²) in [7, 11) is 0. The summed E-state index contributed by atoms with van der Waals surface area (Å²) in [5.41, 5.74) is -5.51. The fourth-order valence-electron chi connectivity index (χ4n) is 7.00. The van der Waals surface area contributed by atoms with Gasteiger partial charge < -0.3 is 15.3 Å². The molecule has 0 aliphatic heterocycles. The Morgan fingerprint density at radius 3 is 2.59 bits per heavy atom. The molecule has 0 spiro atoms. The van der Waals surface area contributed by atoms with Crippen LogP contribution in [0.15, 0.2) is 23.8 Å². The molecule has 3 fully saturated rings. The Morgan fingerprint density at radius 1 is 1.30 bits per heavy atom. The fourth-order valence-corrected chi connectivity index (χ4v) is 7.00. The van der Waals surface area contributed by atoms with Crippen molar-refractivity contribution >= 4 is 11.8 Å². The molecule has 4 rings (SSSR count). The van der Waals surface area contributed by atoms with E-state index in [0.717, 1.165) is 0 Å². The van der Waals surface area contributed by atoms with Crippen LogP contribution in [0.2, 0.25) is 0 Å². The molecule has 4 aliphatic carbocycles. The number of aliphatic hydroxyl groups excluding tert-OH is 1. The van der Waals surface area contributed by atoms with Crippen molar-refractivity contribution in [3.05, 3.63) is 23.8 Å². The maximum atomic E-state index is 16.8. The van der Waals surface area contributed by atoms with E-state index < -0.39 is 46.0 Å². The van der Waals surface area contributed by atoms with Crippen molar-refractivity contribution < 1.29 is 29.3 Å².